The molecule has 0 spiro atoms. The van der Waals surface area contributed by atoms with E-state index in [2.05, 4.69) is 15.5 Å². The summed E-state index contributed by atoms with van der Waals surface area (Å²) in [6.45, 7) is 5.83. The molecule has 140 valence electrons. The maximum atomic E-state index is 12.5. The Morgan fingerprint density at radius 1 is 1.26 bits per heavy atom. The summed E-state index contributed by atoms with van der Waals surface area (Å²) in [4.78, 5) is 16.8. The zero-order valence-electron chi connectivity index (χ0n) is 15.3. The van der Waals surface area contributed by atoms with Gasteiger partial charge in [-0.25, -0.2) is 0 Å². The van der Waals surface area contributed by atoms with Crippen LogP contribution in [0.5, 0.6) is 0 Å². The molecule has 0 aliphatic heterocycles. The number of aromatic nitrogens is 2. The predicted molar refractivity (Wildman–Crippen MR) is 110 cm³/mol. The van der Waals surface area contributed by atoms with E-state index in [1.165, 1.54) is 11.8 Å². The van der Waals surface area contributed by atoms with Gasteiger partial charge in [0.25, 0.3) is 0 Å². The van der Waals surface area contributed by atoms with Crippen molar-refractivity contribution in [3.05, 3.63) is 64.5 Å². The van der Waals surface area contributed by atoms with Gasteiger partial charge in [0.05, 0.1) is 16.0 Å². The fourth-order valence-electron chi connectivity index (χ4n) is 2.44. The van der Waals surface area contributed by atoms with Crippen molar-refractivity contribution < 1.29 is 9.32 Å². The molecule has 7 heteroatoms. The molecule has 2 aromatic carbocycles. The van der Waals surface area contributed by atoms with Gasteiger partial charge in [0.2, 0.25) is 17.6 Å². The van der Waals surface area contributed by atoms with E-state index in [1.54, 1.807) is 6.07 Å². The molecule has 0 unspecified atom stereocenters. The lowest BCUT2D eigenvalue weighted by Crippen LogP contribution is -2.23. The van der Waals surface area contributed by atoms with Crippen LogP contribution in [0.3, 0.4) is 0 Å². The zero-order chi connectivity index (χ0) is 19.4. The average molecular weight is 402 g/mol. The van der Waals surface area contributed by atoms with Crippen LogP contribution in [0.1, 0.15) is 23.9 Å². The van der Waals surface area contributed by atoms with Crippen LogP contribution in [0, 0.1) is 13.8 Å². The smallest absolute Gasteiger partial charge is 0.237 e. The summed E-state index contributed by atoms with van der Waals surface area (Å²) < 4.78 is 5.29. The monoisotopic (exact) mass is 401 g/mol. The largest absolute Gasteiger partial charge is 0.338 e. The number of thioether (sulfide) groups is 1. The van der Waals surface area contributed by atoms with Gasteiger partial charge in [-0.1, -0.05) is 41.0 Å². The Morgan fingerprint density at radius 3 is 2.81 bits per heavy atom. The number of nitrogens with zero attached hydrogens (tertiary/aromatic N) is 2. The Morgan fingerprint density at radius 2 is 2.04 bits per heavy atom. The van der Waals surface area contributed by atoms with Crippen LogP contribution in [0.4, 0.5) is 5.69 Å². The summed E-state index contributed by atoms with van der Waals surface area (Å²) in [5.74, 6) is 1.29. The number of nitrogens with one attached hydrogen (secondary N) is 1. The molecular weight excluding hydrogens is 382 g/mol. The van der Waals surface area contributed by atoms with Gasteiger partial charge in [-0.2, -0.15) is 4.98 Å². The molecule has 1 heterocycles. The van der Waals surface area contributed by atoms with Crippen molar-refractivity contribution in [2.24, 2.45) is 0 Å². The summed E-state index contributed by atoms with van der Waals surface area (Å²) >= 11 is 7.60. The number of carbonyl (C=O) groups excluding carboxylic acids is 1. The maximum absolute atomic E-state index is 12.5. The third-order valence-corrected chi connectivity index (χ3v) is 5.52. The van der Waals surface area contributed by atoms with Crippen molar-refractivity contribution in [2.45, 2.75) is 31.8 Å². The highest BCUT2D eigenvalue weighted by molar-refractivity contribution is 7.99. The molecule has 0 bridgehead atoms. The van der Waals surface area contributed by atoms with E-state index in [4.69, 9.17) is 16.1 Å². The third kappa shape index (κ3) is 4.90. The molecule has 1 atom stereocenters. The van der Waals surface area contributed by atoms with E-state index in [0.717, 1.165) is 22.4 Å². The van der Waals surface area contributed by atoms with E-state index in [9.17, 15) is 4.79 Å². The lowest BCUT2D eigenvalue weighted by Gasteiger charge is -2.13. The van der Waals surface area contributed by atoms with Crippen LogP contribution in [0.15, 0.2) is 47.0 Å². The van der Waals surface area contributed by atoms with Crippen LogP contribution in [-0.2, 0) is 10.5 Å². The molecule has 0 aliphatic rings. The Bertz CT molecular complexity index is 958. The highest BCUT2D eigenvalue weighted by Crippen LogP contribution is 2.26. The minimum atomic E-state index is -0.263. The molecule has 0 aliphatic carbocycles. The zero-order valence-corrected chi connectivity index (χ0v) is 16.9. The molecule has 1 amide bonds. The molecule has 1 N–H and O–H groups in total. The first-order chi connectivity index (χ1) is 12.9. The van der Waals surface area contributed by atoms with E-state index in [-0.39, 0.29) is 11.2 Å². The van der Waals surface area contributed by atoms with Crippen LogP contribution >= 0.6 is 23.4 Å². The first-order valence-electron chi connectivity index (χ1n) is 8.51. The number of rotatable bonds is 6. The predicted octanol–water partition coefficient (Wildman–Crippen LogP) is 5.27. The SMILES string of the molecule is Cc1ccc(C)c(NC(=O)[C@@H](C)SCc2nc(-c3ccccc3Cl)no2)c1. The third-order valence-electron chi connectivity index (χ3n) is 4.06. The lowest BCUT2D eigenvalue weighted by atomic mass is 10.1. The molecule has 0 saturated carbocycles. The van der Waals surface area contributed by atoms with Crippen LogP contribution < -0.4 is 5.32 Å². The number of anilines is 1. The summed E-state index contributed by atoms with van der Waals surface area (Å²) in [6.07, 6.45) is 0. The molecule has 1 aromatic heterocycles. The van der Waals surface area contributed by atoms with Gasteiger partial charge in [0.15, 0.2) is 0 Å². The van der Waals surface area contributed by atoms with Crippen molar-refractivity contribution in [3.8, 4) is 11.4 Å². The summed E-state index contributed by atoms with van der Waals surface area (Å²) in [6, 6.07) is 13.3. The maximum Gasteiger partial charge on any atom is 0.237 e. The number of benzene rings is 2. The number of hydrogen-bond acceptors (Lipinski definition) is 5. The number of hydrogen-bond donors (Lipinski definition) is 1. The Balaban J connectivity index is 1.59. The van der Waals surface area contributed by atoms with Gasteiger partial charge in [0, 0.05) is 11.3 Å². The quantitative estimate of drug-likeness (QED) is 0.609. The molecule has 0 saturated heterocycles. The average Bonchev–Trinajstić information content (AvgIpc) is 3.11. The number of halogens is 1. The van der Waals surface area contributed by atoms with Gasteiger partial charge in [-0.15, -0.1) is 11.8 Å². The fraction of sp³-hybridized carbons (Fsp3) is 0.250. The van der Waals surface area contributed by atoms with Crippen molar-refractivity contribution in [1.82, 2.24) is 10.1 Å². The van der Waals surface area contributed by atoms with Gasteiger partial charge >= 0.3 is 0 Å². The lowest BCUT2D eigenvalue weighted by molar-refractivity contribution is -0.115. The topological polar surface area (TPSA) is 68.0 Å². The van der Waals surface area contributed by atoms with Gasteiger partial charge in [-0.05, 0) is 50.1 Å². The van der Waals surface area contributed by atoms with Gasteiger partial charge in [0.1, 0.15) is 0 Å². The summed E-state index contributed by atoms with van der Waals surface area (Å²) in [5.41, 5.74) is 3.70. The second-order valence-electron chi connectivity index (χ2n) is 6.25. The van der Waals surface area contributed by atoms with E-state index in [1.807, 2.05) is 57.2 Å². The molecular formula is C20H20ClN3O2S. The van der Waals surface area contributed by atoms with E-state index < -0.39 is 0 Å². The number of aryl methyl sites for hydroxylation is 2. The van der Waals surface area contributed by atoms with Gasteiger partial charge in [-0.3, -0.25) is 4.79 Å². The van der Waals surface area contributed by atoms with Crippen LogP contribution in [0.25, 0.3) is 11.4 Å². The molecule has 0 fully saturated rings. The molecule has 5 nitrogen and oxygen atoms in total. The van der Waals surface area contributed by atoms with Crippen molar-refractivity contribution >= 4 is 35.0 Å². The van der Waals surface area contributed by atoms with E-state index in [0.29, 0.717) is 22.5 Å². The molecule has 0 radical (unpaired) electrons. The minimum absolute atomic E-state index is 0.0560. The highest BCUT2D eigenvalue weighted by Gasteiger charge is 2.17. The standard InChI is InChI=1S/C20H20ClN3O2S/c1-12-8-9-13(2)17(10-12)22-20(25)14(3)27-11-18-23-19(24-26-18)15-6-4-5-7-16(15)21/h4-10,14H,11H2,1-3H3,(H,22,25)/t14-/m1/s1. The molecule has 3 aromatic rings. The number of amides is 1. The Kier molecular flexibility index (Phi) is 6.19. The molecule has 27 heavy (non-hydrogen) atoms. The Labute approximate surface area is 167 Å². The summed E-state index contributed by atoms with van der Waals surface area (Å²) in [5, 5.41) is 7.26. The minimum Gasteiger partial charge on any atom is -0.338 e. The second-order valence-corrected chi connectivity index (χ2v) is 7.99. The van der Waals surface area contributed by atoms with Crippen molar-refractivity contribution in [1.29, 1.82) is 0 Å². The van der Waals surface area contributed by atoms with Crippen LogP contribution in [0.2, 0.25) is 5.02 Å². The Hall–Kier alpha value is -2.31. The van der Waals surface area contributed by atoms with Crippen LogP contribution in [-0.4, -0.2) is 21.3 Å². The van der Waals surface area contributed by atoms with Crippen molar-refractivity contribution in [2.75, 3.05) is 5.32 Å². The number of carbonyl (C=O) groups is 1. The molecule has 3 rings (SSSR count). The highest BCUT2D eigenvalue weighted by atomic mass is 35.5. The first kappa shape index (κ1) is 19.5. The van der Waals surface area contributed by atoms with E-state index >= 15 is 0 Å². The normalized spacial score (nSPS) is 12.0. The summed E-state index contributed by atoms with van der Waals surface area (Å²) in [7, 11) is 0. The fourth-order valence-corrected chi connectivity index (χ4v) is 3.38. The second kappa shape index (κ2) is 8.59. The van der Waals surface area contributed by atoms with Crippen molar-refractivity contribution in [3.63, 3.8) is 0 Å². The van der Waals surface area contributed by atoms with Gasteiger partial charge < -0.3 is 9.84 Å². The first-order valence-corrected chi connectivity index (χ1v) is 9.94.